The number of rotatable bonds is 2. The number of amides is 1. The van der Waals surface area contributed by atoms with Crippen LogP contribution in [0.2, 0.25) is 0 Å². The molecule has 1 N–H and O–H groups in total. The van der Waals surface area contributed by atoms with Crippen LogP contribution in [0.1, 0.15) is 17.5 Å². The molecular formula is C11H9F3N2O. The van der Waals surface area contributed by atoms with Crippen molar-refractivity contribution in [1.82, 2.24) is 0 Å². The summed E-state index contributed by atoms with van der Waals surface area (Å²) in [6.07, 6.45) is -4.85. The van der Waals surface area contributed by atoms with Crippen molar-refractivity contribution in [3.05, 3.63) is 29.3 Å². The summed E-state index contributed by atoms with van der Waals surface area (Å²) in [6, 6.07) is 5.09. The van der Waals surface area contributed by atoms with Crippen LogP contribution in [0.4, 0.5) is 18.9 Å². The summed E-state index contributed by atoms with van der Waals surface area (Å²) in [5, 5.41) is 10.5. The highest BCUT2D eigenvalue weighted by molar-refractivity contribution is 5.92. The molecule has 3 nitrogen and oxygen atoms in total. The van der Waals surface area contributed by atoms with Crippen LogP contribution in [0.5, 0.6) is 0 Å². The van der Waals surface area contributed by atoms with Crippen LogP contribution in [-0.2, 0) is 11.0 Å². The molecule has 0 aliphatic rings. The van der Waals surface area contributed by atoms with Crippen molar-refractivity contribution in [2.75, 3.05) is 5.32 Å². The van der Waals surface area contributed by atoms with Crippen molar-refractivity contribution in [2.24, 2.45) is 0 Å². The highest BCUT2D eigenvalue weighted by Gasteiger charge is 2.32. The average molecular weight is 242 g/mol. The number of aryl methyl sites for hydroxylation is 1. The van der Waals surface area contributed by atoms with E-state index in [9.17, 15) is 18.0 Å². The van der Waals surface area contributed by atoms with Crippen LogP contribution < -0.4 is 5.32 Å². The molecule has 0 aromatic heterocycles. The second-order valence-electron chi connectivity index (χ2n) is 3.41. The summed E-state index contributed by atoms with van der Waals surface area (Å²) >= 11 is 0. The molecule has 0 unspecified atom stereocenters. The molecule has 1 aromatic rings. The lowest BCUT2D eigenvalue weighted by Crippen LogP contribution is -2.12. The molecule has 0 spiro atoms. The summed E-state index contributed by atoms with van der Waals surface area (Å²) in [7, 11) is 0. The van der Waals surface area contributed by atoms with Gasteiger partial charge in [-0.05, 0) is 24.6 Å². The standard InChI is InChI=1S/C11H9F3N2O/c1-7-2-3-8(16-10(17)4-5-15)6-9(7)11(12,13)14/h2-3,6H,4H2,1H3,(H,16,17). The lowest BCUT2D eigenvalue weighted by atomic mass is 10.1. The zero-order valence-corrected chi connectivity index (χ0v) is 8.93. The van der Waals surface area contributed by atoms with Crippen LogP contribution in [0.25, 0.3) is 0 Å². The monoisotopic (exact) mass is 242 g/mol. The Morgan fingerprint density at radius 1 is 1.47 bits per heavy atom. The number of hydrogen-bond acceptors (Lipinski definition) is 2. The van der Waals surface area contributed by atoms with E-state index < -0.39 is 24.1 Å². The van der Waals surface area contributed by atoms with Gasteiger partial charge in [0.05, 0.1) is 11.6 Å². The normalized spacial score (nSPS) is 10.8. The van der Waals surface area contributed by atoms with Crippen LogP contribution >= 0.6 is 0 Å². The first kappa shape index (κ1) is 13.0. The molecule has 1 amide bonds. The SMILES string of the molecule is Cc1ccc(NC(=O)CC#N)cc1C(F)(F)F. The van der Waals surface area contributed by atoms with E-state index in [4.69, 9.17) is 5.26 Å². The summed E-state index contributed by atoms with van der Waals surface area (Å²) in [4.78, 5) is 11.0. The minimum Gasteiger partial charge on any atom is -0.325 e. The highest BCUT2D eigenvalue weighted by atomic mass is 19.4. The van der Waals surface area contributed by atoms with Crippen molar-refractivity contribution in [3.63, 3.8) is 0 Å². The Morgan fingerprint density at radius 2 is 2.12 bits per heavy atom. The van der Waals surface area contributed by atoms with Gasteiger partial charge in [-0.3, -0.25) is 4.79 Å². The van der Waals surface area contributed by atoms with Crippen LogP contribution in [0.15, 0.2) is 18.2 Å². The maximum Gasteiger partial charge on any atom is 0.416 e. The Balaban J connectivity index is 2.98. The number of nitriles is 1. The summed E-state index contributed by atoms with van der Waals surface area (Å²) in [5.74, 6) is -0.635. The summed E-state index contributed by atoms with van der Waals surface area (Å²) < 4.78 is 37.6. The van der Waals surface area contributed by atoms with E-state index in [1.54, 1.807) is 6.07 Å². The number of carbonyl (C=O) groups excluding carboxylic acids is 1. The fourth-order valence-corrected chi connectivity index (χ4v) is 1.28. The molecule has 0 aliphatic carbocycles. The number of nitrogens with zero attached hydrogens (tertiary/aromatic N) is 1. The van der Waals surface area contributed by atoms with Gasteiger partial charge in [-0.1, -0.05) is 6.07 Å². The molecule has 0 radical (unpaired) electrons. The minimum atomic E-state index is -4.46. The predicted molar refractivity (Wildman–Crippen MR) is 55.0 cm³/mol. The van der Waals surface area contributed by atoms with E-state index in [0.29, 0.717) is 0 Å². The summed E-state index contributed by atoms with van der Waals surface area (Å²) in [5.41, 5.74) is -0.689. The molecule has 6 heteroatoms. The Bertz CT molecular complexity index is 475. The molecule has 0 heterocycles. The lowest BCUT2D eigenvalue weighted by molar-refractivity contribution is -0.138. The minimum absolute atomic E-state index is 0.0307. The number of anilines is 1. The van der Waals surface area contributed by atoms with Gasteiger partial charge in [0.25, 0.3) is 0 Å². The fourth-order valence-electron chi connectivity index (χ4n) is 1.28. The van der Waals surface area contributed by atoms with Gasteiger partial charge in [0.1, 0.15) is 6.42 Å². The molecule has 0 bridgehead atoms. The quantitative estimate of drug-likeness (QED) is 0.866. The Kier molecular flexibility index (Phi) is 3.73. The first-order chi connectivity index (χ1) is 7.84. The van der Waals surface area contributed by atoms with E-state index >= 15 is 0 Å². The fraction of sp³-hybridized carbons (Fsp3) is 0.273. The van der Waals surface area contributed by atoms with E-state index in [2.05, 4.69) is 5.32 Å². The first-order valence-corrected chi connectivity index (χ1v) is 4.69. The van der Waals surface area contributed by atoms with Crippen LogP contribution in [-0.4, -0.2) is 5.91 Å². The number of nitrogens with one attached hydrogen (secondary N) is 1. The first-order valence-electron chi connectivity index (χ1n) is 4.69. The van der Waals surface area contributed by atoms with Gasteiger partial charge in [0, 0.05) is 5.69 Å². The van der Waals surface area contributed by atoms with E-state index in [0.717, 1.165) is 6.07 Å². The smallest absolute Gasteiger partial charge is 0.325 e. The van der Waals surface area contributed by atoms with Gasteiger partial charge in [-0.25, -0.2) is 0 Å². The van der Waals surface area contributed by atoms with Gasteiger partial charge >= 0.3 is 6.18 Å². The number of halogens is 3. The molecule has 17 heavy (non-hydrogen) atoms. The molecule has 90 valence electrons. The van der Waals surface area contributed by atoms with E-state index in [1.807, 2.05) is 0 Å². The molecule has 0 saturated heterocycles. The van der Waals surface area contributed by atoms with Gasteiger partial charge in [-0.2, -0.15) is 18.4 Å². The van der Waals surface area contributed by atoms with Gasteiger partial charge < -0.3 is 5.32 Å². The van der Waals surface area contributed by atoms with Crippen molar-refractivity contribution < 1.29 is 18.0 Å². The number of carbonyl (C=O) groups is 1. The Hall–Kier alpha value is -2.03. The number of benzene rings is 1. The average Bonchev–Trinajstić information content (AvgIpc) is 2.19. The lowest BCUT2D eigenvalue weighted by Gasteiger charge is -2.12. The maximum absolute atomic E-state index is 12.5. The van der Waals surface area contributed by atoms with Gasteiger partial charge in [-0.15, -0.1) is 0 Å². The molecule has 1 aromatic carbocycles. The second-order valence-corrected chi connectivity index (χ2v) is 3.41. The molecule has 0 saturated carbocycles. The zero-order valence-electron chi connectivity index (χ0n) is 8.93. The Labute approximate surface area is 95.9 Å². The van der Waals surface area contributed by atoms with Crippen molar-refractivity contribution in [2.45, 2.75) is 19.5 Å². The van der Waals surface area contributed by atoms with E-state index in [1.165, 1.54) is 19.1 Å². The van der Waals surface area contributed by atoms with Crippen LogP contribution in [0, 0.1) is 18.3 Å². The topological polar surface area (TPSA) is 52.9 Å². The van der Waals surface area contributed by atoms with Gasteiger partial charge in [0.2, 0.25) is 5.91 Å². The second kappa shape index (κ2) is 4.87. The third-order valence-electron chi connectivity index (χ3n) is 2.07. The Morgan fingerprint density at radius 3 is 2.65 bits per heavy atom. The largest absolute Gasteiger partial charge is 0.416 e. The van der Waals surface area contributed by atoms with Crippen LogP contribution in [0.3, 0.4) is 0 Å². The van der Waals surface area contributed by atoms with Gasteiger partial charge in [0.15, 0.2) is 0 Å². The molecular weight excluding hydrogens is 233 g/mol. The van der Waals surface area contributed by atoms with Crippen molar-refractivity contribution >= 4 is 11.6 Å². The third kappa shape index (κ3) is 3.48. The predicted octanol–water partition coefficient (Wildman–Crippen LogP) is 2.87. The molecule has 1 rings (SSSR count). The van der Waals surface area contributed by atoms with E-state index in [-0.39, 0.29) is 11.3 Å². The molecule has 0 atom stereocenters. The number of hydrogen-bond donors (Lipinski definition) is 1. The van der Waals surface area contributed by atoms with Crippen molar-refractivity contribution in [3.8, 4) is 6.07 Å². The maximum atomic E-state index is 12.5. The molecule has 0 fully saturated rings. The van der Waals surface area contributed by atoms with Crippen molar-refractivity contribution in [1.29, 1.82) is 5.26 Å². The highest BCUT2D eigenvalue weighted by Crippen LogP contribution is 2.33. The number of alkyl halides is 3. The molecule has 0 aliphatic heterocycles. The zero-order chi connectivity index (χ0) is 13.1. The summed E-state index contributed by atoms with van der Waals surface area (Å²) in [6.45, 7) is 1.34. The third-order valence-corrected chi connectivity index (χ3v) is 2.07.